The van der Waals surface area contributed by atoms with Gasteiger partial charge in [0.05, 0.1) is 14.2 Å². The van der Waals surface area contributed by atoms with E-state index in [0.29, 0.717) is 17.6 Å². The normalized spacial score (nSPS) is 20.8. The Morgan fingerprint density at radius 1 is 0.853 bits per heavy atom. The van der Waals surface area contributed by atoms with E-state index in [1.165, 1.54) is 16.7 Å². The van der Waals surface area contributed by atoms with Crippen LogP contribution in [0.5, 0.6) is 17.2 Å². The smallest absolute Gasteiger partial charge is 0.160 e. The van der Waals surface area contributed by atoms with E-state index in [0.717, 1.165) is 57.0 Å². The zero-order chi connectivity index (χ0) is 23.5. The molecule has 2 aliphatic heterocycles. The second-order valence-corrected chi connectivity index (χ2v) is 9.56. The lowest BCUT2D eigenvalue weighted by atomic mass is 9.87. The molecule has 1 fully saturated rings. The number of hydrogen-bond donors (Lipinski definition) is 1. The lowest BCUT2D eigenvalue weighted by Gasteiger charge is -2.32. The quantitative estimate of drug-likeness (QED) is 0.557. The van der Waals surface area contributed by atoms with Crippen LogP contribution < -0.4 is 9.47 Å². The summed E-state index contributed by atoms with van der Waals surface area (Å²) < 4.78 is 11.1. The molecule has 3 aromatic rings. The van der Waals surface area contributed by atoms with Crippen molar-refractivity contribution in [2.45, 2.75) is 25.4 Å². The third kappa shape index (κ3) is 4.77. The van der Waals surface area contributed by atoms with E-state index >= 15 is 0 Å². The van der Waals surface area contributed by atoms with Gasteiger partial charge in [0, 0.05) is 45.2 Å². The zero-order valence-electron chi connectivity index (χ0n) is 20.1. The molecule has 178 valence electrons. The van der Waals surface area contributed by atoms with E-state index in [9.17, 15) is 5.11 Å². The molecule has 1 saturated heterocycles. The summed E-state index contributed by atoms with van der Waals surface area (Å²) in [6, 6.07) is 23.0. The minimum absolute atomic E-state index is 0.183. The first-order valence-corrected chi connectivity index (χ1v) is 12.1. The summed E-state index contributed by atoms with van der Waals surface area (Å²) in [7, 11) is 3.37. The summed E-state index contributed by atoms with van der Waals surface area (Å²) in [5, 5.41) is 9.98. The van der Waals surface area contributed by atoms with Gasteiger partial charge in [0.15, 0.2) is 11.5 Å². The third-order valence-corrected chi connectivity index (χ3v) is 7.41. The van der Waals surface area contributed by atoms with Crippen molar-refractivity contribution in [3.8, 4) is 17.2 Å². The average Bonchev–Trinajstić information content (AvgIpc) is 3.26. The van der Waals surface area contributed by atoms with E-state index in [1.54, 1.807) is 20.3 Å². The Balaban J connectivity index is 1.36. The molecule has 5 heteroatoms. The highest BCUT2D eigenvalue weighted by Crippen LogP contribution is 2.39. The highest BCUT2D eigenvalue weighted by atomic mass is 16.5. The van der Waals surface area contributed by atoms with Gasteiger partial charge in [0.1, 0.15) is 5.75 Å². The Labute approximate surface area is 202 Å². The van der Waals surface area contributed by atoms with Crippen LogP contribution in [0.2, 0.25) is 0 Å². The fourth-order valence-electron chi connectivity index (χ4n) is 5.72. The van der Waals surface area contributed by atoms with Crippen LogP contribution in [0.25, 0.3) is 0 Å². The first kappa shape index (κ1) is 22.8. The topological polar surface area (TPSA) is 45.2 Å². The van der Waals surface area contributed by atoms with Crippen LogP contribution in [-0.4, -0.2) is 55.3 Å². The monoisotopic (exact) mass is 458 g/mol. The summed E-state index contributed by atoms with van der Waals surface area (Å²) in [6.45, 7) is 6.07. The summed E-state index contributed by atoms with van der Waals surface area (Å²) in [6.07, 6.45) is 1.12. The number of likely N-dealkylation sites (tertiary alicyclic amines) is 1. The van der Waals surface area contributed by atoms with Gasteiger partial charge in [-0.1, -0.05) is 48.5 Å². The molecular formula is C29H34N2O3. The van der Waals surface area contributed by atoms with Crippen LogP contribution in [0.4, 0.5) is 0 Å². The van der Waals surface area contributed by atoms with Gasteiger partial charge in [-0.2, -0.15) is 0 Å². The average molecular weight is 459 g/mol. The molecule has 0 bridgehead atoms. The van der Waals surface area contributed by atoms with Crippen LogP contribution in [0.15, 0.2) is 66.7 Å². The fourth-order valence-corrected chi connectivity index (χ4v) is 5.72. The maximum Gasteiger partial charge on any atom is 0.160 e. The highest BCUT2D eigenvalue weighted by molar-refractivity contribution is 5.42. The SMILES string of the molecule is COc1cc(CN2CC(CN3CCc4ccccc4C3)C(c3ccccc3OC)C2)ccc1O. The van der Waals surface area contributed by atoms with Crippen LogP contribution in [0.3, 0.4) is 0 Å². The Hall–Kier alpha value is -3.02. The Kier molecular flexibility index (Phi) is 6.75. The highest BCUT2D eigenvalue weighted by Gasteiger charge is 2.36. The van der Waals surface area contributed by atoms with Gasteiger partial charge in [-0.3, -0.25) is 9.80 Å². The van der Waals surface area contributed by atoms with Crippen molar-refractivity contribution in [3.05, 3.63) is 89.0 Å². The number of aromatic hydroxyl groups is 1. The Bertz CT molecular complexity index is 1130. The number of phenols is 1. The van der Waals surface area contributed by atoms with Gasteiger partial charge < -0.3 is 14.6 Å². The molecule has 34 heavy (non-hydrogen) atoms. The Morgan fingerprint density at radius 2 is 1.62 bits per heavy atom. The first-order valence-electron chi connectivity index (χ1n) is 12.1. The number of benzene rings is 3. The fraction of sp³-hybridized carbons (Fsp3) is 0.379. The molecule has 0 saturated carbocycles. The van der Waals surface area contributed by atoms with Crippen LogP contribution in [-0.2, 0) is 19.5 Å². The molecule has 5 nitrogen and oxygen atoms in total. The molecular weight excluding hydrogens is 424 g/mol. The molecule has 0 aliphatic carbocycles. The van der Waals surface area contributed by atoms with Crippen molar-refractivity contribution < 1.29 is 14.6 Å². The molecule has 3 aromatic carbocycles. The van der Waals surface area contributed by atoms with Crippen molar-refractivity contribution in [2.24, 2.45) is 5.92 Å². The number of fused-ring (bicyclic) bond motifs is 1. The molecule has 0 aromatic heterocycles. The predicted octanol–water partition coefficient (Wildman–Crippen LogP) is 4.68. The summed E-state index contributed by atoms with van der Waals surface area (Å²) in [5.74, 6) is 2.62. The van der Waals surface area contributed by atoms with Crippen LogP contribution in [0.1, 0.15) is 28.2 Å². The standard InChI is InChI=1S/C29H34N2O3/c1-33-28-10-6-5-9-25(28)26-20-31(16-21-11-12-27(32)29(15-21)34-2)19-24(26)18-30-14-13-22-7-3-4-8-23(22)17-30/h3-12,15,24,26,32H,13-14,16-20H2,1-2H3. The molecule has 2 atom stereocenters. The van der Waals surface area contributed by atoms with Gasteiger partial charge >= 0.3 is 0 Å². The number of ether oxygens (including phenoxy) is 2. The molecule has 2 aliphatic rings. The second kappa shape index (κ2) is 10.1. The Morgan fingerprint density at radius 3 is 2.44 bits per heavy atom. The maximum atomic E-state index is 9.98. The van der Waals surface area contributed by atoms with Gasteiger partial charge in [0.25, 0.3) is 0 Å². The molecule has 2 heterocycles. The lowest BCUT2D eigenvalue weighted by Crippen LogP contribution is -2.36. The zero-order valence-corrected chi connectivity index (χ0v) is 20.1. The van der Waals surface area contributed by atoms with Crippen molar-refractivity contribution in [2.75, 3.05) is 40.4 Å². The summed E-state index contributed by atoms with van der Waals surface area (Å²) in [5.41, 5.74) is 5.42. The van der Waals surface area contributed by atoms with Gasteiger partial charge in [-0.15, -0.1) is 0 Å². The van der Waals surface area contributed by atoms with E-state index in [-0.39, 0.29) is 5.75 Å². The predicted molar refractivity (Wildman–Crippen MR) is 135 cm³/mol. The molecule has 1 N–H and O–H groups in total. The number of methoxy groups -OCH3 is 2. The van der Waals surface area contributed by atoms with Crippen molar-refractivity contribution in [3.63, 3.8) is 0 Å². The number of nitrogens with zero attached hydrogens (tertiary/aromatic N) is 2. The minimum atomic E-state index is 0.183. The molecule has 5 rings (SSSR count). The molecule has 2 unspecified atom stereocenters. The van der Waals surface area contributed by atoms with Gasteiger partial charge in [-0.25, -0.2) is 0 Å². The van der Waals surface area contributed by atoms with Crippen LogP contribution >= 0.6 is 0 Å². The van der Waals surface area contributed by atoms with Gasteiger partial charge in [-0.05, 0) is 52.8 Å². The van der Waals surface area contributed by atoms with E-state index in [4.69, 9.17) is 9.47 Å². The minimum Gasteiger partial charge on any atom is -0.504 e. The molecule has 0 radical (unpaired) electrons. The molecule has 0 amide bonds. The third-order valence-electron chi connectivity index (χ3n) is 7.41. The van der Waals surface area contributed by atoms with E-state index in [2.05, 4.69) is 52.3 Å². The van der Waals surface area contributed by atoms with E-state index in [1.807, 2.05) is 18.2 Å². The second-order valence-electron chi connectivity index (χ2n) is 9.56. The largest absolute Gasteiger partial charge is 0.504 e. The first-order chi connectivity index (χ1) is 16.6. The maximum absolute atomic E-state index is 9.98. The van der Waals surface area contributed by atoms with Crippen LogP contribution in [0, 0.1) is 5.92 Å². The van der Waals surface area contributed by atoms with Gasteiger partial charge in [0.2, 0.25) is 0 Å². The van der Waals surface area contributed by atoms with Crippen molar-refractivity contribution in [1.82, 2.24) is 9.80 Å². The van der Waals surface area contributed by atoms with Crippen molar-refractivity contribution in [1.29, 1.82) is 0 Å². The number of phenolic OH excluding ortho intramolecular Hbond substituents is 1. The van der Waals surface area contributed by atoms with E-state index < -0.39 is 0 Å². The molecule has 0 spiro atoms. The van der Waals surface area contributed by atoms with Crippen molar-refractivity contribution >= 4 is 0 Å². The lowest BCUT2D eigenvalue weighted by molar-refractivity contribution is 0.204. The summed E-state index contributed by atoms with van der Waals surface area (Å²) >= 11 is 0. The number of hydrogen-bond acceptors (Lipinski definition) is 5. The summed E-state index contributed by atoms with van der Waals surface area (Å²) in [4.78, 5) is 5.16. The number of rotatable bonds is 7. The number of para-hydroxylation sites is 1.